The first-order valence-electron chi connectivity index (χ1n) is 10.0. The number of halogens is 1. The molecule has 0 saturated heterocycles. The molecular formula is C22H22ClN7OS. The number of pyridine rings is 1. The van der Waals surface area contributed by atoms with E-state index in [1.54, 1.807) is 12.5 Å². The number of carbonyl (C=O) groups is 1. The molecule has 164 valence electrons. The minimum Gasteiger partial charge on any atom is -0.370 e. The minimum absolute atomic E-state index is 0.364. The molecule has 3 aromatic heterocycles. The van der Waals surface area contributed by atoms with Crippen molar-refractivity contribution in [2.45, 2.75) is 19.9 Å². The van der Waals surface area contributed by atoms with Gasteiger partial charge in [0.1, 0.15) is 16.5 Å². The number of aryl methyl sites for hydroxylation is 2. The van der Waals surface area contributed by atoms with E-state index in [9.17, 15) is 4.79 Å². The molecule has 8 nitrogen and oxygen atoms in total. The van der Waals surface area contributed by atoms with E-state index < -0.39 is 5.91 Å². The van der Waals surface area contributed by atoms with Crippen molar-refractivity contribution in [1.82, 2.24) is 19.5 Å². The first-order chi connectivity index (χ1) is 15.5. The Balaban J connectivity index is 1.62. The van der Waals surface area contributed by atoms with Crippen molar-refractivity contribution in [1.29, 1.82) is 0 Å². The van der Waals surface area contributed by atoms with Gasteiger partial charge in [0, 0.05) is 25.5 Å². The molecule has 0 atom stereocenters. The number of carbonyl (C=O) groups excluding carboxylic acids is 1. The number of nitrogens with two attached hydrogens (primary N) is 1. The molecule has 1 amide bonds. The third-order valence-corrected chi connectivity index (χ3v) is 6.06. The second-order valence-corrected chi connectivity index (χ2v) is 8.49. The molecule has 0 aliphatic heterocycles. The van der Waals surface area contributed by atoms with Gasteiger partial charge in [-0.25, -0.2) is 15.0 Å². The summed E-state index contributed by atoms with van der Waals surface area (Å²) in [5.74, 6) is 0.839. The summed E-state index contributed by atoms with van der Waals surface area (Å²) in [5, 5.41) is 4.47. The number of hydrogen-bond donors (Lipinski definition) is 2. The highest BCUT2D eigenvalue weighted by Crippen LogP contribution is 2.41. The number of rotatable bonds is 9. The minimum atomic E-state index is -0.522. The number of aromatic nitrogens is 4. The van der Waals surface area contributed by atoms with Crippen LogP contribution in [-0.2, 0) is 6.54 Å². The SMILES string of the molecule is Cc1cccc(Cl)c1N(c1cccc(NCCCn2ccnc2)n1)c1ncc(C(N)=O)s1. The summed E-state index contributed by atoms with van der Waals surface area (Å²) >= 11 is 7.77. The lowest BCUT2D eigenvalue weighted by Crippen LogP contribution is -2.14. The molecule has 0 bridgehead atoms. The molecular weight excluding hydrogens is 446 g/mol. The average molecular weight is 468 g/mol. The highest BCUT2D eigenvalue weighted by atomic mass is 35.5. The van der Waals surface area contributed by atoms with Crippen LogP contribution in [0.25, 0.3) is 0 Å². The van der Waals surface area contributed by atoms with Crippen LogP contribution in [0.5, 0.6) is 0 Å². The number of amides is 1. The summed E-state index contributed by atoms with van der Waals surface area (Å²) in [6.07, 6.45) is 7.91. The Labute approximate surface area is 194 Å². The van der Waals surface area contributed by atoms with Gasteiger partial charge in [-0.1, -0.05) is 41.1 Å². The maximum Gasteiger partial charge on any atom is 0.260 e. The number of benzene rings is 1. The fourth-order valence-corrected chi connectivity index (χ4v) is 4.33. The number of thiazole rings is 1. The van der Waals surface area contributed by atoms with Gasteiger partial charge in [0.25, 0.3) is 5.91 Å². The quantitative estimate of drug-likeness (QED) is 0.344. The van der Waals surface area contributed by atoms with Crippen molar-refractivity contribution >= 4 is 51.3 Å². The van der Waals surface area contributed by atoms with Gasteiger partial charge in [0.15, 0.2) is 5.13 Å². The van der Waals surface area contributed by atoms with Crippen LogP contribution in [-0.4, -0.2) is 32.0 Å². The predicted octanol–water partition coefficient (Wildman–Crippen LogP) is 4.77. The third kappa shape index (κ3) is 4.90. The van der Waals surface area contributed by atoms with Crippen molar-refractivity contribution in [3.05, 3.63) is 76.8 Å². The lowest BCUT2D eigenvalue weighted by molar-refractivity contribution is 0.100. The molecule has 3 heterocycles. The van der Waals surface area contributed by atoms with Gasteiger partial charge < -0.3 is 15.6 Å². The first-order valence-corrected chi connectivity index (χ1v) is 11.2. The lowest BCUT2D eigenvalue weighted by atomic mass is 10.2. The number of hydrogen-bond acceptors (Lipinski definition) is 7. The number of nitrogens with zero attached hydrogens (tertiary/aromatic N) is 5. The Morgan fingerprint density at radius 1 is 1.28 bits per heavy atom. The van der Waals surface area contributed by atoms with Gasteiger partial charge in [-0.05, 0) is 37.1 Å². The number of anilines is 4. The smallest absolute Gasteiger partial charge is 0.260 e. The summed E-state index contributed by atoms with van der Waals surface area (Å²) in [4.78, 5) is 27.1. The van der Waals surface area contributed by atoms with Crippen LogP contribution < -0.4 is 16.0 Å². The monoisotopic (exact) mass is 467 g/mol. The maximum atomic E-state index is 11.6. The molecule has 3 N–H and O–H groups in total. The number of imidazole rings is 1. The molecule has 0 unspecified atom stereocenters. The van der Waals surface area contributed by atoms with E-state index in [0.717, 1.165) is 36.6 Å². The Morgan fingerprint density at radius 3 is 2.84 bits per heavy atom. The zero-order valence-corrected chi connectivity index (χ0v) is 19.0. The first kappa shape index (κ1) is 21.8. The van der Waals surface area contributed by atoms with Crippen molar-refractivity contribution in [2.75, 3.05) is 16.8 Å². The molecule has 4 rings (SSSR count). The lowest BCUT2D eigenvalue weighted by Gasteiger charge is -2.24. The van der Waals surface area contributed by atoms with E-state index in [0.29, 0.717) is 20.8 Å². The zero-order valence-electron chi connectivity index (χ0n) is 17.4. The van der Waals surface area contributed by atoms with E-state index in [2.05, 4.69) is 15.3 Å². The molecule has 0 aliphatic carbocycles. The second-order valence-electron chi connectivity index (χ2n) is 7.07. The van der Waals surface area contributed by atoms with Crippen LogP contribution in [0.1, 0.15) is 21.7 Å². The van der Waals surface area contributed by atoms with E-state index in [-0.39, 0.29) is 0 Å². The van der Waals surface area contributed by atoms with Gasteiger partial charge in [-0.2, -0.15) is 0 Å². The summed E-state index contributed by atoms with van der Waals surface area (Å²) in [6.45, 7) is 3.59. The largest absolute Gasteiger partial charge is 0.370 e. The Kier molecular flexibility index (Phi) is 6.67. The normalized spacial score (nSPS) is 10.8. The van der Waals surface area contributed by atoms with Crippen LogP contribution in [0, 0.1) is 6.92 Å². The Morgan fingerprint density at radius 2 is 2.12 bits per heavy atom. The topological polar surface area (TPSA) is 102 Å². The Hall–Kier alpha value is -3.43. The number of nitrogens with one attached hydrogen (secondary N) is 1. The molecule has 0 aliphatic rings. The third-order valence-electron chi connectivity index (χ3n) is 4.76. The van der Waals surface area contributed by atoms with Crippen LogP contribution in [0.3, 0.4) is 0 Å². The van der Waals surface area contributed by atoms with Gasteiger partial charge in [-0.15, -0.1) is 0 Å². The van der Waals surface area contributed by atoms with E-state index in [1.807, 2.05) is 59.0 Å². The van der Waals surface area contributed by atoms with Gasteiger partial charge in [0.05, 0.1) is 23.2 Å². The number of primary amides is 1. The van der Waals surface area contributed by atoms with Crippen molar-refractivity contribution in [3.63, 3.8) is 0 Å². The van der Waals surface area contributed by atoms with Crippen LogP contribution in [0.4, 0.5) is 22.5 Å². The van der Waals surface area contributed by atoms with Crippen molar-refractivity contribution in [2.24, 2.45) is 5.73 Å². The average Bonchev–Trinajstić information content (AvgIpc) is 3.46. The molecule has 0 fully saturated rings. The van der Waals surface area contributed by atoms with E-state index in [4.69, 9.17) is 22.3 Å². The van der Waals surface area contributed by atoms with Crippen molar-refractivity contribution < 1.29 is 4.79 Å². The predicted molar refractivity (Wildman–Crippen MR) is 128 cm³/mol. The maximum absolute atomic E-state index is 11.6. The van der Waals surface area contributed by atoms with Gasteiger partial charge in [-0.3, -0.25) is 9.69 Å². The fourth-order valence-electron chi connectivity index (χ4n) is 3.24. The van der Waals surface area contributed by atoms with Crippen LogP contribution in [0.15, 0.2) is 61.3 Å². The summed E-state index contributed by atoms with van der Waals surface area (Å²) in [5.41, 5.74) is 7.15. The molecule has 10 heteroatoms. The standard InChI is InChI=1S/C22H22ClN7OS/c1-15-5-2-6-16(23)20(15)30(22-27-13-17(32-22)21(24)31)19-8-3-7-18(28-19)26-9-4-11-29-12-10-25-14-29/h2-3,5-8,10,12-14H,4,9,11H2,1H3,(H2,24,31)(H,26,28). The molecule has 0 radical (unpaired) electrons. The number of para-hydroxylation sites is 1. The Bertz CT molecular complexity index is 1190. The van der Waals surface area contributed by atoms with Crippen LogP contribution >= 0.6 is 22.9 Å². The van der Waals surface area contributed by atoms with E-state index >= 15 is 0 Å². The fraction of sp³-hybridized carbons (Fsp3) is 0.182. The molecule has 0 saturated carbocycles. The van der Waals surface area contributed by atoms with Gasteiger partial charge in [0.2, 0.25) is 0 Å². The molecule has 0 spiro atoms. The molecule has 32 heavy (non-hydrogen) atoms. The summed E-state index contributed by atoms with van der Waals surface area (Å²) in [7, 11) is 0. The highest BCUT2D eigenvalue weighted by molar-refractivity contribution is 7.17. The van der Waals surface area contributed by atoms with Crippen LogP contribution in [0.2, 0.25) is 5.02 Å². The van der Waals surface area contributed by atoms with Crippen molar-refractivity contribution in [3.8, 4) is 0 Å². The van der Waals surface area contributed by atoms with E-state index in [1.165, 1.54) is 17.5 Å². The summed E-state index contributed by atoms with van der Waals surface area (Å²) in [6, 6.07) is 11.4. The summed E-state index contributed by atoms with van der Waals surface area (Å²) < 4.78 is 2.03. The zero-order chi connectivity index (χ0) is 22.5. The molecule has 1 aromatic carbocycles. The van der Waals surface area contributed by atoms with Gasteiger partial charge >= 0.3 is 0 Å². The second kappa shape index (κ2) is 9.80. The highest BCUT2D eigenvalue weighted by Gasteiger charge is 2.22. The molecule has 4 aromatic rings.